The highest BCUT2D eigenvalue weighted by atomic mass is 16.5. The predicted molar refractivity (Wildman–Crippen MR) is 73.9 cm³/mol. The van der Waals surface area contributed by atoms with E-state index in [2.05, 4.69) is 30.2 Å². The number of ether oxygens (including phenoxy) is 1. The summed E-state index contributed by atoms with van der Waals surface area (Å²) in [4.78, 5) is 4.56. The molecule has 1 fully saturated rings. The van der Waals surface area contributed by atoms with Crippen LogP contribution < -0.4 is 10.1 Å². The third-order valence-corrected chi connectivity index (χ3v) is 3.57. The van der Waals surface area contributed by atoms with Gasteiger partial charge in [-0.2, -0.15) is 0 Å². The first-order valence-corrected chi connectivity index (χ1v) is 7.13. The Morgan fingerprint density at radius 1 is 1.28 bits per heavy atom. The normalized spacial score (nSPS) is 16.8. The second-order valence-corrected chi connectivity index (χ2v) is 5.05. The first-order valence-electron chi connectivity index (χ1n) is 7.13. The fourth-order valence-electron chi connectivity index (χ4n) is 2.43. The van der Waals surface area contributed by atoms with Gasteiger partial charge in [0.25, 0.3) is 0 Å². The lowest BCUT2D eigenvalue weighted by Gasteiger charge is -2.22. The summed E-state index contributed by atoms with van der Waals surface area (Å²) in [6.07, 6.45) is 6.68. The molecular formula is C15H24N2O. The first kappa shape index (κ1) is 13.3. The van der Waals surface area contributed by atoms with Gasteiger partial charge in [-0.3, -0.25) is 0 Å². The molecule has 1 aliphatic rings. The second-order valence-electron chi connectivity index (χ2n) is 5.05. The molecule has 3 heteroatoms. The molecule has 0 aromatic carbocycles. The summed E-state index contributed by atoms with van der Waals surface area (Å²) in [5.74, 6) is 0.791. The minimum Gasteiger partial charge on any atom is -0.474 e. The monoisotopic (exact) mass is 248 g/mol. The standard InChI is InChI=1S/C15H24N2O/c1-3-16-11-13-9-10-15(17-12(13)2)18-14-7-5-4-6-8-14/h9-10,14,16H,3-8,11H2,1-2H3. The van der Waals surface area contributed by atoms with Gasteiger partial charge in [-0.05, 0) is 44.7 Å². The highest BCUT2D eigenvalue weighted by molar-refractivity contribution is 5.25. The van der Waals surface area contributed by atoms with E-state index in [1.807, 2.05) is 6.07 Å². The third kappa shape index (κ3) is 3.70. The molecule has 0 radical (unpaired) electrons. The zero-order chi connectivity index (χ0) is 12.8. The molecule has 1 heterocycles. The lowest BCUT2D eigenvalue weighted by atomic mass is 9.98. The van der Waals surface area contributed by atoms with E-state index in [9.17, 15) is 0 Å². The van der Waals surface area contributed by atoms with Gasteiger partial charge in [0.05, 0.1) is 0 Å². The van der Waals surface area contributed by atoms with E-state index in [0.29, 0.717) is 6.10 Å². The number of pyridine rings is 1. The van der Waals surface area contributed by atoms with E-state index in [-0.39, 0.29) is 0 Å². The lowest BCUT2D eigenvalue weighted by Crippen LogP contribution is -2.20. The quantitative estimate of drug-likeness (QED) is 0.869. The number of aromatic nitrogens is 1. The summed E-state index contributed by atoms with van der Waals surface area (Å²) in [6, 6.07) is 4.14. The number of nitrogens with one attached hydrogen (secondary N) is 1. The molecule has 1 aliphatic carbocycles. The Labute approximate surface area is 110 Å². The molecule has 100 valence electrons. The summed E-state index contributed by atoms with van der Waals surface area (Å²) in [6.45, 7) is 6.04. The van der Waals surface area contributed by atoms with E-state index in [0.717, 1.165) is 24.7 Å². The highest BCUT2D eigenvalue weighted by Crippen LogP contribution is 2.22. The Morgan fingerprint density at radius 2 is 2.06 bits per heavy atom. The van der Waals surface area contributed by atoms with Gasteiger partial charge in [-0.25, -0.2) is 4.98 Å². The molecule has 3 nitrogen and oxygen atoms in total. The summed E-state index contributed by atoms with van der Waals surface area (Å²) in [5.41, 5.74) is 2.33. The van der Waals surface area contributed by atoms with Crippen LogP contribution in [-0.2, 0) is 6.54 Å². The molecule has 0 atom stereocenters. The Balaban J connectivity index is 1.94. The highest BCUT2D eigenvalue weighted by Gasteiger charge is 2.15. The summed E-state index contributed by atoms with van der Waals surface area (Å²) >= 11 is 0. The van der Waals surface area contributed by atoms with Crippen LogP contribution in [0.25, 0.3) is 0 Å². The SMILES string of the molecule is CCNCc1ccc(OC2CCCCC2)nc1C. The molecule has 0 spiro atoms. The summed E-state index contributed by atoms with van der Waals surface area (Å²) < 4.78 is 5.96. The van der Waals surface area contributed by atoms with Gasteiger partial charge >= 0.3 is 0 Å². The zero-order valence-corrected chi connectivity index (χ0v) is 11.5. The zero-order valence-electron chi connectivity index (χ0n) is 11.5. The molecule has 2 rings (SSSR count). The van der Waals surface area contributed by atoms with Crippen LogP contribution in [0, 0.1) is 6.92 Å². The third-order valence-electron chi connectivity index (χ3n) is 3.57. The fourth-order valence-corrected chi connectivity index (χ4v) is 2.43. The maximum absolute atomic E-state index is 5.96. The fraction of sp³-hybridized carbons (Fsp3) is 0.667. The van der Waals surface area contributed by atoms with Crippen LogP contribution in [0.4, 0.5) is 0 Å². The average Bonchev–Trinajstić information content (AvgIpc) is 2.39. The Morgan fingerprint density at radius 3 is 2.72 bits per heavy atom. The van der Waals surface area contributed by atoms with E-state index in [1.165, 1.54) is 37.7 Å². The van der Waals surface area contributed by atoms with Gasteiger partial charge in [-0.15, -0.1) is 0 Å². The summed E-state index contributed by atoms with van der Waals surface area (Å²) in [5, 5.41) is 3.33. The number of hydrogen-bond acceptors (Lipinski definition) is 3. The molecule has 0 saturated heterocycles. The molecule has 0 amide bonds. The van der Waals surface area contributed by atoms with Crippen molar-refractivity contribution in [2.45, 2.75) is 58.6 Å². The van der Waals surface area contributed by atoms with E-state index < -0.39 is 0 Å². The molecule has 1 aromatic rings. The molecule has 0 bridgehead atoms. The Hall–Kier alpha value is -1.09. The number of rotatable bonds is 5. The van der Waals surface area contributed by atoms with Crippen molar-refractivity contribution >= 4 is 0 Å². The first-order chi connectivity index (χ1) is 8.79. The number of nitrogens with zero attached hydrogens (tertiary/aromatic N) is 1. The van der Waals surface area contributed by atoms with Gasteiger partial charge in [-0.1, -0.05) is 19.4 Å². The van der Waals surface area contributed by atoms with Crippen molar-refractivity contribution in [3.63, 3.8) is 0 Å². The van der Waals surface area contributed by atoms with Gasteiger partial charge in [0.1, 0.15) is 6.10 Å². The van der Waals surface area contributed by atoms with Crippen LogP contribution in [-0.4, -0.2) is 17.6 Å². The van der Waals surface area contributed by atoms with Gasteiger partial charge < -0.3 is 10.1 Å². The van der Waals surface area contributed by atoms with E-state index in [4.69, 9.17) is 4.74 Å². The van der Waals surface area contributed by atoms with Crippen LogP contribution in [0.2, 0.25) is 0 Å². The minimum absolute atomic E-state index is 0.380. The van der Waals surface area contributed by atoms with Crippen molar-refractivity contribution in [3.8, 4) is 5.88 Å². The van der Waals surface area contributed by atoms with Crippen molar-refractivity contribution in [1.29, 1.82) is 0 Å². The average molecular weight is 248 g/mol. The molecule has 0 aliphatic heterocycles. The molecule has 18 heavy (non-hydrogen) atoms. The van der Waals surface area contributed by atoms with E-state index >= 15 is 0 Å². The van der Waals surface area contributed by atoms with Crippen molar-refractivity contribution < 1.29 is 4.74 Å². The maximum Gasteiger partial charge on any atom is 0.213 e. The molecule has 1 saturated carbocycles. The van der Waals surface area contributed by atoms with Crippen molar-refractivity contribution in [1.82, 2.24) is 10.3 Å². The maximum atomic E-state index is 5.96. The number of aryl methyl sites for hydroxylation is 1. The smallest absolute Gasteiger partial charge is 0.213 e. The number of hydrogen-bond donors (Lipinski definition) is 1. The molecule has 1 N–H and O–H groups in total. The molecular weight excluding hydrogens is 224 g/mol. The van der Waals surface area contributed by atoms with Crippen molar-refractivity contribution in [2.24, 2.45) is 0 Å². The minimum atomic E-state index is 0.380. The van der Waals surface area contributed by atoms with Gasteiger partial charge in [0, 0.05) is 18.3 Å². The van der Waals surface area contributed by atoms with Crippen LogP contribution in [0.5, 0.6) is 5.88 Å². The van der Waals surface area contributed by atoms with Crippen molar-refractivity contribution in [2.75, 3.05) is 6.54 Å². The lowest BCUT2D eigenvalue weighted by molar-refractivity contribution is 0.148. The van der Waals surface area contributed by atoms with Crippen LogP contribution in [0.15, 0.2) is 12.1 Å². The Bertz CT molecular complexity index is 373. The second kappa shape index (κ2) is 6.74. The largest absolute Gasteiger partial charge is 0.474 e. The molecule has 1 aromatic heterocycles. The van der Waals surface area contributed by atoms with E-state index in [1.54, 1.807) is 0 Å². The predicted octanol–water partition coefficient (Wildman–Crippen LogP) is 3.21. The van der Waals surface area contributed by atoms with Crippen LogP contribution >= 0.6 is 0 Å². The van der Waals surface area contributed by atoms with Crippen LogP contribution in [0.1, 0.15) is 50.3 Å². The Kier molecular flexibility index (Phi) is 5.00. The topological polar surface area (TPSA) is 34.1 Å². The van der Waals surface area contributed by atoms with Crippen molar-refractivity contribution in [3.05, 3.63) is 23.4 Å². The van der Waals surface area contributed by atoms with Crippen LogP contribution in [0.3, 0.4) is 0 Å². The molecule has 0 unspecified atom stereocenters. The van der Waals surface area contributed by atoms with Gasteiger partial charge in [0.2, 0.25) is 5.88 Å². The summed E-state index contributed by atoms with van der Waals surface area (Å²) in [7, 11) is 0. The van der Waals surface area contributed by atoms with Gasteiger partial charge in [0.15, 0.2) is 0 Å².